The van der Waals surface area contributed by atoms with Crippen LogP contribution in [0.5, 0.6) is 0 Å². The maximum Gasteiger partial charge on any atom is 0.246 e. The van der Waals surface area contributed by atoms with E-state index in [0.717, 1.165) is 35.2 Å². The Kier molecular flexibility index (Phi) is 7.35. The number of rotatable bonds is 7. The lowest BCUT2D eigenvalue weighted by molar-refractivity contribution is -0.132. The SMILES string of the molecule is CCNC(=O)[C@H]1CCCN(C(=O)/C=C/c2cn(Cc3ccccc3)nc2-c2ccccc2)C1. The average molecular weight is 443 g/mol. The summed E-state index contributed by atoms with van der Waals surface area (Å²) in [5, 5.41) is 7.68. The Balaban J connectivity index is 1.53. The summed E-state index contributed by atoms with van der Waals surface area (Å²) in [6.45, 7) is 4.32. The zero-order chi connectivity index (χ0) is 23.0. The maximum atomic E-state index is 12.9. The summed E-state index contributed by atoms with van der Waals surface area (Å²) in [7, 11) is 0. The van der Waals surface area contributed by atoms with Gasteiger partial charge in [-0.15, -0.1) is 0 Å². The van der Waals surface area contributed by atoms with Gasteiger partial charge in [-0.05, 0) is 31.4 Å². The van der Waals surface area contributed by atoms with E-state index in [2.05, 4.69) is 17.4 Å². The monoisotopic (exact) mass is 442 g/mol. The van der Waals surface area contributed by atoms with Gasteiger partial charge in [0, 0.05) is 43.0 Å². The summed E-state index contributed by atoms with van der Waals surface area (Å²) < 4.78 is 1.91. The van der Waals surface area contributed by atoms with Crippen LogP contribution in [-0.2, 0) is 16.1 Å². The lowest BCUT2D eigenvalue weighted by Gasteiger charge is -2.31. The van der Waals surface area contributed by atoms with E-state index in [4.69, 9.17) is 5.10 Å². The highest BCUT2D eigenvalue weighted by atomic mass is 16.2. The molecule has 0 spiro atoms. The zero-order valence-corrected chi connectivity index (χ0v) is 19.0. The Morgan fingerprint density at radius 2 is 1.82 bits per heavy atom. The number of likely N-dealkylation sites (tertiary alicyclic amines) is 1. The summed E-state index contributed by atoms with van der Waals surface area (Å²) in [5.74, 6) is -0.170. The van der Waals surface area contributed by atoms with Gasteiger partial charge in [-0.25, -0.2) is 0 Å². The topological polar surface area (TPSA) is 67.2 Å². The number of nitrogens with one attached hydrogen (secondary N) is 1. The fourth-order valence-corrected chi connectivity index (χ4v) is 4.21. The molecule has 1 fully saturated rings. The largest absolute Gasteiger partial charge is 0.356 e. The van der Waals surface area contributed by atoms with Gasteiger partial charge in [0.05, 0.1) is 18.2 Å². The van der Waals surface area contributed by atoms with E-state index in [1.807, 2.05) is 72.4 Å². The number of carbonyl (C=O) groups excluding carboxylic acids is 2. The number of aromatic nitrogens is 2. The molecule has 0 bridgehead atoms. The molecule has 2 aromatic carbocycles. The van der Waals surface area contributed by atoms with Gasteiger partial charge < -0.3 is 10.2 Å². The molecule has 1 aliphatic rings. The van der Waals surface area contributed by atoms with Crippen LogP contribution in [0.25, 0.3) is 17.3 Å². The third-order valence-corrected chi connectivity index (χ3v) is 5.88. The molecule has 1 aromatic heterocycles. The molecule has 0 saturated carbocycles. The molecule has 2 heterocycles. The fraction of sp³-hybridized carbons (Fsp3) is 0.296. The molecule has 1 saturated heterocycles. The molecule has 0 aliphatic carbocycles. The minimum atomic E-state index is -0.135. The quantitative estimate of drug-likeness (QED) is 0.563. The number of nitrogens with zero attached hydrogens (tertiary/aromatic N) is 3. The first-order valence-corrected chi connectivity index (χ1v) is 11.6. The maximum absolute atomic E-state index is 12.9. The fourth-order valence-electron chi connectivity index (χ4n) is 4.21. The van der Waals surface area contributed by atoms with Crippen molar-refractivity contribution in [2.45, 2.75) is 26.3 Å². The molecule has 2 amide bonds. The minimum absolute atomic E-state index is 0.0348. The molecule has 0 radical (unpaired) electrons. The summed E-state index contributed by atoms with van der Waals surface area (Å²) in [6.07, 6.45) is 7.09. The zero-order valence-electron chi connectivity index (χ0n) is 19.0. The summed E-state index contributed by atoms with van der Waals surface area (Å²) >= 11 is 0. The van der Waals surface area contributed by atoms with Crippen molar-refractivity contribution in [3.63, 3.8) is 0 Å². The van der Waals surface area contributed by atoms with Crippen LogP contribution in [0.4, 0.5) is 0 Å². The highest BCUT2D eigenvalue weighted by molar-refractivity contribution is 5.93. The Labute approximate surface area is 194 Å². The Bertz CT molecular complexity index is 1110. The van der Waals surface area contributed by atoms with Crippen LogP contribution in [0.2, 0.25) is 0 Å². The van der Waals surface area contributed by atoms with Crippen molar-refractivity contribution in [1.82, 2.24) is 20.0 Å². The molecule has 1 atom stereocenters. The second-order valence-corrected chi connectivity index (χ2v) is 8.33. The number of benzene rings is 2. The first-order valence-electron chi connectivity index (χ1n) is 11.6. The average Bonchev–Trinajstić information content (AvgIpc) is 3.26. The lowest BCUT2D eigenvalue weighted by atomic mass is 9.97. The molecule has 6 nitrogen and oxygen atoms in total. The van der Waals surface area contributed by atoms with E-state index in [9.17, 15) is 9.59 Å². The Hall–Kier alpha value is -3.67. The third kappa shape index (κ3) is 5.77. The molecular formula is C27H30N4O2. The molecule has 4 rings (SSSR count). The van der Waals surface area contributed by atoms with Gasteiger partial charge in [0.2, 0.25) is 11.8 Å². The number of amides is 2. The van der Waals surface area contributed by atoms with E-state index in [1.165, 1.54) is 0 Å². The molecule has 170 valence electrons. The molecule has 0 unspecified atom stereocenters. The molecule has 33 heavy (non-hydrogen) atoms. The normalized spacial score (nSPS) is 16.2. The third-order valence-electron chi connectivity index (χ3n) is 5.88. The van der Waals surface area contributed by atoms with Gasteiger partial charge >= 0.3 is 0 Å². The van der Waals surface area contributed by atoms with E-state index in [0.29, 0.717) is 26.2 Å². The Morgan fingerprint density at radius 3 is 2.55 bits per heavy atom. The predicted molar refractivity (Wildman–Crippen MR) is 130 cm³/mol. The first kappa shape index (κ1) is 22.5. The van der Waals surface area contributed by atoms with Crippen molar-refractivity contribution in [3.05, 3.63) is 84.1 Å². The number of hydrogen-bond acceptors (Lipinski definition) is 3. The molecule has 1 N–H and O–H groups in total. The van der Waals surface area contributed by atoms with Gasteiger partial charge in [-0.3, -0.25) is 14.3 Å². The van der Waals surface area contributed by atoms with Crippen molar-refractivity contribution in [2.75, 3.05) is 19.6 Å². The summed E-state index contributed by atoms with van der Waals surface area (Å²) in [6, 6.07) is 20.2. The number of piperidine rings is 1. The molecule has 3 aromatic rings. The van der Waals surface area contributed by atoms with Gasteiger partial charge in [-0.2, -0.15) is 5.10 Å². The van der Waals surface area contributed by atoms with E-state index in [-0.39, 0.29) is 17.7 Å². The molecule has 6 heteroatoms. The predicted octanol–water partition coefficient (Wildman–Crippen LogP) is 3.99. The highest BCUT2D eigenvalue weighted by Gasteiger charge is 2.27. The van der Waals surface area contributed by atoms with E-state index in [1.54, 1.807) is 11.0 Å². The van der Waals surface area contributed by atoms with Gasteiger partial charge in [0.15, 0.2) is 0 Å². The molecule has 1 aliphatic heterocycles. The van der Waals surface area contributed by atoms with Crippen LogP contribution in [0.1, 0.15) is 30.9 Å². The van der Waals surface area contributed by atoms with Crippen LogP contribution in [0.15, 0.2) is 72.9 Å². The standard InChI is InChI=1S/C27H30N4O2/c1-2-28-27(33)24-14-9-17-30(19-24)25(32)16-15-23-20-31(18-21-10-5-3-6-11-21)29-26(23)22-12-7-4-8-13-22/h3-8,10-13,15-16,20,24H,2,9,14,17-19H2,1H3,(H,28,33)/b16-15+/t24-/m0/s1. The van der Waals surface area contributed by atoms with Gasteiger partial charge in [0.25, 0.3) is 0 Å². The van der Waals surface area contributed by atoms with Crippen LogP contribution in [0, 0.1) is 5.92 Å². The second kappa shape index (κ2) is 10.8. The first-order chi connectivity index (χ1) is 16.1. The van der Waals surface area contributed by atoms with Gasteiger partial charge in [0.1, 0.15) is 0 Å². The second-order valence-electron chi connectivity index (χ2n) is 8.33. The van der Waals surface area contributed by atoms with E-state index >= 15 is 0 Å². The van der Waals surface area contributed by atoms with Crippen LogP contribution in [0.3, 0.4) is 0 Å². The smallest absolute Gasteiger partial charge is 0.246 e. The molecular weight excluding hydrogens is 412 g/mol. The van der Waals surface area contributed by atoms with Gasteiger partial charge in [-0.1, -0.05) is 60.7 Å². The van der Waals surface area contributed by atoms with Crippen LogP contribution >= 0.6 is 0 Å². The number of hydrogen-bond donors (Lipinski definition) is 1. The van der Waals surface area contributed by atoms with Crippen molar-refractivity contribution < 1.29 is 9.59 Å². The Morgan fingerprint density at radius 1 is 1.09 bits per heavy atom. The highest BCUT2D eigenvalue weighted by Crippen LogP contribution is 2.24. The summed E-state index contributed by atoms with van der Waals surface area (Å²) in [5.41, 5.74) is 3.90. The van der Waals surface area contributed by atoms with Crippen molar-refractivity contribution in [1.29, 1.82) is 0 Å². The van der Waals surface area contributed by atoms with Crippen LogP contribution < -0.4 is 5.32 Å². The lowest BCUT2D eigenvalue weighted by Crippen LogP contribution is -2.44. The van der Waals surface area contributed by atoms with Crippen molar-refractivity contribution in [3.8, 4) is 11.3 Å². The van der Waals surface area contributed by atoms with Crippen LogP contribution in [-0.4, -0.2) is 46.1 Å². The minimum Gasteiger partial charge on any atom is -0.356 e. The number of carbonyl (C=O) groups is 2. The van der Waals surface area contributed by atoms with E-state index < -0.39 is 0 Å². The summed E-state index contributed by atoms with van der Waals surface area (Å²) in [4.78, 5) is 26.9. The van der Waals surface area contributed by atoms with Crippen molar-refractivity contribution >= 4 is 17.9 Å². The van der Waals surface area contributed by atoms with Crippen molar-refractivity contribution in [2.24, 2.45) is 5.92 Å².